The van der Waals surface area contributed by atoms with E-state index in [-0.39, 0.29) is 10.9 Å². The Balaban J connectivity index is 1.99. The van der Waals surface area contributed by atoms with Crippen LogP contribution in [0.2, 0.25) is 5.02 Å². The maximum atomic E-state index is 12.9. The number of sulfonamides is 1. The Labute approximate surface area is 135 Å². The van der Waals surface area contributed by atoms with Crippen molar-refractivity contribution in [2.75, 3.05) is 6.54 Å². The molecule has 0 aliphatic carbocycles. The molecule has 2 aromatic rings. The van der Waals surface area contributed by atoms with Gasteiger partial charge in [0.25, 0.3) is 0 Å². The number of hydrogen-bond donors (Lipinski definition) is 0. The third-order valence-electron chi connectivity index (χ3n) is 4.26. The average Bonchev–Trinajstić information content (AvgIpc) is 3.08. The molecule has 118 valence electrons. The molecule has 1 aromatic heterocycles. The van der Waals surface area contributed by atoms with Crippen LogP contribution in [0.25, 0.3) is 0 Å². The van der Waals surface area contributed by atoms with Crippen molar-refractivity contribution >= 4 is 21.6 Å². The van der Waals surface area contributed by atoms with E-state index < -0.39 is 10.0 Å². The lowest BCUT2D eigenvalue weighted by Gasteiger charge is -2.24. The SMILES string of the molecule is Cc1c(C2CCCN2S(=O)(=O)c2ccc(Cl)cc2)cnn1C. The zero-order chi connectivity index (χ0) is 15.9. The van der Waals surface area contributed by atoms with Gasteiger partial charge >= 0.3 is 0 Å². The molecule has 0 bridgehead atoms. The molecule has 7 heteroatoms. The lowest BCUT2D eigenvalue weighted by Crippen LogP contribution is -2.30. The molecule has 1 saturated heterocycles. The van der Waals surface area contributed by atoms with Crippen molar-refractivity contribution in [3.63, 3.8) is 0 Å². The van der Waals surface area contributed by atoms with Gasteiger partial charge < -0.3 is 0 Å². The molecule has 0 saturated carbocycles. The first-order valence-electron chi connectivity index (χ1n) is 7.17. The summed E-state index contributed by atoms with van der Waals surface area (Å²) in [6.07, 6.45) is 3.45. The molecule has 1 unspecified atom stereocenters. The molecule has 3 rings (SSSR count). The molecule has 1 fully saturated rings. The van der Waals surface area contributed by atoms with E-state index in [1.54, 1.807) is 39.4 Å². The van der Waals surface area contributed by atoms with Crippen LogP contribution in [0.4, 0.5) is 0 Å². The predicted molar refractivity (Wildman–Crippen MR) is 85.3 cm³/mol. The van der Waals surface area contributed by atoms with Crippen LogP contribution < -0.4 is 0 Å². The number of benzene rings is 1. The Morgan fingerprint density at radius 2 is 1.95 bits per heavy atom. The molecular weight excluding hydrogens is 322 g/mol. The van der Waals surface area contributed by atoms with E-state index in [2.05, 4.69) is 5.10 Å². The van der Waals surface area contributed by atoms with Gasteiger partial charge in [0.2, 0.25) is 10.0 Å². The molecule has 0 amide bonds. The van der Waals surface area contributed by atoms with Crippen molar-refractivity contribution < 1.29 is 8.42 Å². The summed E-state index contributed by atoms with van der Waals surface area (Å²) >= 11 is 5.85. The van der Waals surface area contributed by atoms with Crippen molar-refractivity contribution in [2.24, 2.45) is 7.05 Å². The van der Waals surface area contributed by atoms with Gasteiger partial charge in [0.1, 0.15) is 0 Å². The molecule has 1 aliphatic rings. The van der Waals surface area contributed by atoms with Gasteiger partial charge in [-0.2, -0.15) is 9.40 Å². The van der Waals surface area contributed by atoms with E-state index in [1.165, 1.54) is 0 Å². The van der Waals surface area contributed by atoms with E-state index >= 15 is 0 Å². The number of halogens is 1. The number of aromatic nitrogens is 2. The van der Waals surface area contributed by atoms with Crippen molar-refractivity contribution in [1.82, 2.24) is 14.1 Å². The maximum absolute atomic E-state index is 12.9. The van der Waals surface area contributed by atoms with Gasteiger partial charge in [-0.25, -0.2) is 8.42 Å². The summed E-state index contributed by atoms with van der Waals surface area (Å²) in [7, 11) is -1.66. The van der Waals surface area contributed by atoms with Gasteiger partial charge in [0.15, 0.2) is 0 Å². The zero-order valence-electron chi connectivity index (χ0n) is 12.5. The van der Waals surface area contributed by atoms with Crippen LogP contribution in [0, 0.1) is 6.92 Å². The number of aryl methyl sites for hydroxylation is 1. The highest BCUT2D eigenvalue weighted by Crippen LogP contribution is 2.37. The molecular formula is C15H18ClN3O2S. The normalized spacial score (nSPS) is 19.7. The highest BCUT2D eigenvalue weighted by atomic mass is 35.5. The van der Waals surface area contributed by atoms with Gasteiger partial charge in [-0.1, -0.05) is 11.6 Å². The standard InChI is InChI=1S/C15H18ClN3O2S/c1-11-14(10-17-18(11)2)15-4-3-9-19(15)22(20,21)13-7-5-12(16)6-8-13/h5-8,10,15H,3-4,9H2,1-2H3. The molecule has 1 aromatic carbocycles. The maximum Gasteiger partial charge on any atom is 0.243 e. The summed E-state index contributed by atoms with van der Waals surface area (Å²) in [5.41, 5.74) is 1.99. The number of nitrogens with zero attached hydrogens (tertiary/aromatic N) is 3. The van der Waals surface area contributed by atoms with Gasteiger partial charge in [0.05, 0.1) is 17.1 Å². The summed E-state index contributed by atoms with van der Waals surface area (Å²) in [6, 6.07) is 6.19. The van der Waals surface area contributed by atoms with Gasteiger partial charge in [-0.15, -0.1) is 0 Å². The molecule has 2 heterocycles. The molecule has 0 radical (unpaired) electrons. The Hall–Kier alpha value is -1.37. The van der Waals surface area contributed by atoms with Crippen LogP contribution in [0.15, 0.2) is 35.4 Å². The summed E-state index contributed by atoms with van der Waals surface area (Å²) in [5, 5.41) is 4.77. The highest BCUT2D eigenvalue weighted by Gasteiger charge is 2.37. The lowest BCUT2D eigenvalue weighted by atomic mass is 10.1. The minimum absolute atomic E-state index is 0.144. The second-order valence-electron chi connectivity index (χ2n) is 5.54. The minimum atomic E-state index is -3.52. The zero-order valence-corrected chi connectivity index (χ0v) is 14.1. The second-order valence-corrected chi connectivity index (χ2v) is 7.86. The Morgan fingerprint density at radius 3 is 2.55 bits per heavy atom. The van der Waals surface area contributed by atoms with Gasteiger partial charge in [-0.3, -0.25) is 4.68 Å². The van der Waals surface area contributed by atoms with Crippen LogP contribution in [0.3, 0.4) is 0 Å². The third-order valence-corrected chi connectivity index (χ3v) is 6.43. The highest BCUT2D eigenvalue weighted by molar-refractivity contribution is 7.89. The predicted octanol–water partition coefficient (Wildman–Crippen LogP) is 2.91. The largest absolute Gasteiger partial charge is 0.273 e. The first-order chi connectivity index (χ1) is 10.4. The summed E-state index contributed by atoms with van der Waals surface area (Å²) in [6.45, 7) is 2.50. The fourth-order valence-electron chi connectivity index (χ4n) is 2.92. The van der Waals surface area contributed by atoms with E-state index in [1.807, 2.05) is 14.0 Å². The van der Waals surface area contributed by atoms with Crippen LogP contribution >= 0.6 is 11.6 Å². The van der Waals surface area contributed by atoms with Gasteiger partial charge in [-0.05, 0) is 44.0 Å². The van der Waals surface area contributed by atoms with Crippen LogP contribution in [-0.4, -0.2) is 29.0 Å². The molecule has 1 atom stereocenters. The number of hydrogen-bond acceptors (Lipinski definition) is 3. The Morgan fingerprint density at radius 1 is 1.27 bits per heavy atom. The van der Waals surface area contributed by atoms with E-state index in [4.69, 9.17) is 11.6 Å². The quantitative estimate of drug-likeness (QED) is 0.864. The summed E-state index contributed by atoms with van der Waals surface area (Å²) in [5.74, 6) is 0. The first-order valence-corrected chi connectivity index (χ1v) is 8.99. The molecule has 5 nitrogen and oxygen atoms in total. The molecule has 0 spiro atoms. The van der Waals surface area contributed by atoms with Crippen LogP contribution in [-0.2, 0) is 17.1 Å². The fraction of sp³-hybridized carbons (Fsp3) is 0.400. The van der Waals surface area contributed by atoms with Crippen LogP contribution in [0.1, 0.15) is 30.1 Å². The monoisotopic (exact) mass is 339 g/mol. The van der Waals surface area contributed by atoms with Crippen molar-refractivity contribution in [2.45, 2.75) is 30.7 Å². The van der Waals surface area contributed by atoms with Crippen molar-refractivity contribution in [3.8, 4) is 0 Å². The third kappa shape index (κ3) is 2.55. The molecule has 1 aliphatic heterocycles. The van der Waals surface area contributed by atoms with E-state index in [9.17, 15) is 8.42 Å². The molecule has 22 heavy (non-hydrogen) atoms. The number of rotatable bonds is 3. The smallest absolute Gasteiger partial charge is 0.243 e. The topological polar surface area (TPSA) is 55.2 Å². The van der Waals surface area contributed by atoms with Crippen LogP contribution in [0.5, 0.6) is 0 Å². The van der Waals surface area contributed by atoms with Gasteiger partial charge in [0, 0.05) is 29.9 Å². The first kappa shape index (κ1) is 15.5. The second kappa shape index (κ2) is 5.68. The van der Waals surface area contributed by atoms with E-state index in [0.29, 0.717) is 11.6 Å². The molecule has 0 N–H and O–H groups in total. The summed E-state index contributed by atoms with van der Waals surface area (Å²) in [4.78, 5) is 0.283. The Kier molecular flexibility index (Phi) is 4.01. The van der Waals surface area contributed by atoms with Crippen molar-refractivity contribution in [1.29, 1.82) is 0 Å². The summed E-state index contributed by atoms with van der Waals surface area (Å²) < 4.78 is 29.2. The Bertz CT molecular complexity index is 784. The van der Waals surface area contributed by atoms with Crippen molar-refractivity contribution in [3.05, 3.63) is 46.7 Å². The average molecular weight is 340 g/mol. The van der Waals surface area contributed by atoms with E-state index in [0.717, 1.165) is 24.1 Å². The lowest BCUT2D eigenvalue weighted by molar-refractivity contribution is 0.395. The fourth-order valence-corrected chi connectivity index (χ4v) is 4.72. The minimum Gasteiger partial charge on any atom is -0.273 e.